The molecule has 5 nitrogen and oxygen atoms in total. The molecule has 0 aliphatic heterocycles. The second-order valence-electron chi connectivity index (χ2n) is 11.7. The van der Waals surface area contributed by atoms with Crippen molar-refractivity contribution in [3.05, 3.63) is 46.9 Å². The normalized spacial score (nSPS) is 19.1. The molecule has 1 aromatic heterocycles. The number of rotatable bonds is 6. The molecule has 34 heavy (non-hydrogen) atoms. The minimum atomic E-state index is -0.533. The van der Waals surface area contributed by atoms with Gasteiger partial charge in [-0.25, -0.2) is 4.57 Å². The number of aromatic nitrogens is 2. The van der Waals surface area contributed by atoms with Crippen LogP contribution in [0.15, 0.2) is 30.6 Å². The lowest BCUT2D eigenvalue weighted by Gasteiger charge is -2.37. The summed E-state index contributed by atoms with van der Waals surface area (Å²) < 4.78 is 7.57. The first-order valence-corrected chi connectivity index (χ1v) is 12.9. The van der Waals surface area contributed by atoms with Crippen molar-refractivity contribution < 1.29 is 14.1 Å². The zero-order chi connectivity index (χ0) is 25.1. The SMILES string of the molecule is CCc1c(Cl)c(NC2CCC(C(C)(C)C)CC2)nc[n+]1Cc1ccc(OC(=O)C(C)(C)C)cc1. The first-order valence-electron chi connectivity index (χ1n) is 12.5. The lowest BCUT2D eigenvalue weighted by atomic mass is 9.71. The molecule has 1 aliphatic rings. The number of nitrogens with zero attached hydrogens (tertiary/aromatic N) is 2. The summed E-state index contributed by atoms with van der Waals surface area (Å²) in [6.07, 6.45) is 7.49. The second kappa shape index (κ2) is 10.6. The minimum Gasteiger partial charge on any atom is -0.426 e. The number of hydrogen-bond acceptors (Lipinski definition) is 4. The predicted molar refractivity (Wildman–Crippen MR) is 138 cm³/mol. The fraction of sp³-hybridized carbons (Fsp3) is 0.607. The number of carbonyl (C=O) groups excluding carboxylic acids is 1. The molecule has 186 valence electrons. The Balaban J connectivity index is 1.66. The predicted octanol–water partition coefficient (Wildman–Crippen LogP) is 6.60. The molecule has 0 spiro atoms. The molecule has 0 saturated heterocycles. The summed E-state index contributed by atoms with van der Waals surface area (Å²) in [6.45, 7) is 15.3. The van der Waals surface area contributed by atoms with Crippen molar-refractivity contribution in [2.24, 2.45) is 16.7 Å². The summed E-state index contributed by atoms with van der Waals surface area (Å²) >= 11 is 6.82. The average Bonchev–Trinajstić information content (AvgIpc) is 2.76. The number of esters is 1. The Hall–Kier alpha value is -2.14. The van der Waals surface area contributed by atoms with E-state index in [-0.39, 0.29) is 5.97 Å². The van der Waals surface area contributed by atoms with E-state index < -0.39 is 5.41 Å². The summed E-state index contributed by atoms with van der Waals surface area (Å²) in [5, 5.41) is 4.33. The van der Waals surface area contributed by atoms with E-state index in [0.717, 1.165) is 42.3 Å². The van der Waals surface area contributed by atoms with Gasteiger partial charge in [0, 0.05) is 12.5 Å². The van der Waals surface area contributed by atoms with Gasteiger partial charge in [-0.05, 0) is 80.5 Å². The van der Waals surface area contributed by atoms with Gasteiger partial charge in [-0.1, -0.05) is 51.4 Å². The van der Waals surface area contributed by atoms with E-state index in [9.17, 15) is 4.79 Å². The molecule has 1 fully saturated rings. The summed E-state index contributed by atoms with van der Waals surface area (Å²) in [6, 6.07) is 8.05. The molecule has 1 heterocycles. The zero-order valence-electron chi connectivity index (χ0n) is 21.9. The summed E-state index contributed by atoms with van der Waals surface area (Å²) in [5.74, 6) is 1.88. The van der Waals surface area contributed by atoms with Gasteiger partial charge in [-0.15, -0.1) is 0 Å². The van der Waals surface area contributed by atoms with Crippen molar-refractivity contribution in [1.29, 1.82) is 0 Å². The number of nitrogens with one attached hydrogen (secondary N) is 1. The van der Waals surface area contributed by atoms with Gasteiger partial charge in [0.15, 0.2) is 5.02 Å². The largest absolute Gasteiger partial charge is 0.426 e. The lowest BCUT2D eigenvalue weighted by Crippen LogP contribution is -2.40. The lowest BCUT2D eigenvalue weighted by molar-refractivity contribution is -0.698. The Bertz CT molecular complexity index is 982. The summed E-state index contributed by atoms with van der Waals surface area (Å²) in [7, 11) is 0. The van der Waals surface area contributed by atoms with Crippen LogP contribution in [0.25, 0.3) is 0 Å². The van der Waals surface area contributed by atoms with Gasteiger partial charge in [0.25, 0.3) is 12.1 Å². The molecule has 0 unspecified atom stereocenters. The number of carbonyl (C=O) groups is 1. The molecule has 1 aliphatic carbocycles. The number of halogens is 1. The molecule has 1 N–H and O–H groups in total. The topological polar surface area (TPSA) is 55.1 Å². The van der Waals surface area contributed by atoms with Crippen molar-refractivity contribution in [2.45, 2.75) is 93.2 Å². The third-order valence-corrected chi connectivity index (χ3v) is 7.26. The summed E-state index contributed by atoms with van der Waals surface area (Å²) in [5.41, 5.74) is 2.00. The average molecular weight is 487 g/mol. The van der Waals surface area contributed by atoms with Gasteiger partial charge in [0.05, 0.1) is 5.41 Å². The van der Waals surface area contributed by atoms with Crippen molar-refractivity contribution in [2.75, 3.05) is 5.32 Å². The van der Waals surface area contributed by atoms with E-state index in [1.165, 1.54) is 12.8 Å². The van der Waals surface area contributed by atoms with Crippen LogP contribution in [-0.2, 0) is 17.8 Å². The van der Waals surface area contributed by atoms with E-state index in [4.69, 9.17) is 16.3 Å². The van der Waals surface area contributed by atoms with E-state index in [0.29, 0.717) is 28.8 Å². The fourth-order valence-electron chi connectivity index (χ4n) is 4.53. The van der Waals surface area contributed by atoms with Gasteiger partial charge < -0.3 is 10.1 Å². The molecule has 1 aromatic carbocycles. The van der Waals surface area contributed by atoms with Crippen LogP contribution in [0.4, 0.5) is 5.82 Å². The maximum absolute atomic E-state index is 12.1. The van der Waals surface area contributed by atoms with Crippen molar-refractivity contribution in [1.82, 2.24) is 4.98 Å². The number of ether oxygens (including phenoxy) is 1. The van der Waals surface area contributed by atoms with E-state index in [2.05, 4.69) is 42.6 Å². The highest BCUT2D eigenvalue weighted by Gasteiger charge is 2.31. The van der Waals surface area contributed by atoms with Crippen LogP contribution in [0.3, 0.4) is 0 Å². The fourth-order valence-corrected chi connectivity index (χ4v) is 4.87. The van der Waals surface area contributed by atoms with Crippen LogP contribution in [0.1, 0.15) is 85.4 Å². The van der Waals surface area contributed by atoms with Gasteiger partial charge in [0.1, 0.15) is 18.0 Å². The van der Waals surface area contributed by atoms with Crippen LogP contribution in [-0.4, -0.2) is 17.0 Å². The van der Waals surface area contributed by atoms with Crippen LogP contribution in [0.5, 0.6) is 5.75 Å². The molecule has 6 heteroatoms. The Labute approximate surface area is 210 Å². The van der Waals surface area contributed by atoms with Crippen molar-refractivity contribution in [3.63, 3.8) is 0 Å². The van der Waals surface area contributed by atoms with Crippen LogP contribution in [0.2, 0.25) is 5.02 Å². The maximum atomic E-state index is 12.1. The Kier molecular flexibility index (Phi) is 8.28. The number of hydrogen-bond donors (Lipinski definition) is 1. The molecular weight excluding hydrogens is 446 g/mol. The Morgan fingerprint density at radius 3 is 2.24 bits per heavy atom. The van der Waals surface area contributed by atoms with Crippen molar-refractivity contribution >= 4 is 23.4 Å². The Morgan fingerprint density at radius 1 is 1.09 bits per heavy atom. The van der Waals surface area contributed by atoms with E-state index >= 15 is 0 Å². The van der Waals surface area contributed by atoms with Crippen LogP contribution < -0.4 is 14.6 Å². The van der Waals surface area contributed by atoms with Gasteiger partial charge >= 0.3 is 5.97 Å². The second-order valence-corrected chi connectivity index (χ2v) is 12.1. The standard InChI is InChI=1S/C28H40ClN3O2/c1-8-23-24(29)25(31-21-13-11-20(12-14-21)27(2,3)4)30-18-32(23)17-19-9-15-22(16-10-19)34-26(33)28(5,6)7/h9-10,15-16,18,20-21H,8,11-14,17H2,1-7H3/p+1. The minimum absolute atomic E-state index is 0.242. The number of anilines is 1. The summed E-state index contributed by atoms with van der Waals surface area (Å²) in [4.78, 5) is 16.8. The Morgan fingerprint density at radius 2 is 1.71 bits per heavy atom. The molecule has 0 radical (unpaired) electrons. The smallest absolute Gasteiger partial charge is 0.316 e. The van der Waals surface area contributed by atoms with E-state index in [1.807, 2.05) is 51.4 Å². The van der Waals surface area contributed by atoms with Crippen LogP contribution >= 0.6 is 11.6 Å². The van der Waals surface area contributed by atoms with Crippen molar-refractivity contribution in [3.8, 4) is 5.75 Å². The van der Waals surface area contributed by atoms with Gasteiger partial charge in [-0.2, -0.15) is 0 Å². The first kappa shape index (κ1) is 26.5. The zero-order valence-corrected chi connectivity index (χ0v) is 22.6. The van der Waals surface area contributed by atoms with E-state index in [1.54, 1.807) is 0 Å². The van der Waals surface area contributed by atoms with Gasteiger partial charge in [0.2, 0.25) is 0 Å². The molecule has 0 amide bonds. The number of benzene rings is 1. The monoisotopic (exact) mass is 486 g/mol. The quantitative estimate of drug-likeness (QED) is 0.284. The van der Waals surface area contributed by atoms with Crippen LogP contribution in [0, 0.1) is 16.7 Å². The molecule has 0 atom stereocenters. The third kappa shape index (κ3) is 6.71. The highest BCUT2D eigenvalue weighted by Crippen LogP contribution is 2.38. The third-order valence-electron chi connectivity index (χ3n) is 6.86. The maximum Gasteiger partial charge on any atom is 0.316 e. The molecule has 0 bridgehead atoms. The molecule has 2 aromatic rings. The molecule has 1 saturated carbocycles. The highest BCUT2D eigenvalue weighted by atomic mass is 35.5. The van der Waals surface area contributed by atoms with Gasteiger partial charge in [-0.3, -0.25) is 4.79 Å². The molecular formula is C28H41ClN3O2+. The highest BCUT2D eigenvalue weighted by molar-refractivity contribution is 6.33. The first-order chi connectivity index (χ1) is 15.9. The molecule has 3 rings (SSSR count).